The normalized spacial score (nSPS) is 12.2. The lowest BCUT2D eigenvalue weighted by Gasteiger charge is -2.02. The summed E-state index contributed by atoms with van der Waals surface area (Å²) in [6.45, 7) is 2.63. The van der Waals surface area contributed by atoms with E-state index < -0.39 is 9.84 Å². The molecule has 2 rings (SSSR count). The first-order valence-corrected chi connectivity index (χ1v) is 6.92. The van der Waals surface area contributed by atoms with Crippen LogP contribution in [0.15, 0.2) is 17.4 Å². The Morgan fingerprint density at radius 3 is 2.75 bits per heavy atom. The van der Waals surface area contributed by atoms with Crippen LogP contribution in [0.25, 0.3) is 11.0 Å². The van der Waals surface area contributed by atoms with Gasteiger partial charge >= 0.3 is 0 Å². The number of halogens is 1. The van der Waals surface area contributed by atoms with E-state index in [2.05, 4.69) is 9.97 Å². The van der Waals surface area contributed by atoms with Crippen molar-refractivity contribution in [2.45, 2.75) is 18.5 Å². The van der Waals surface area contributed by atoms with E-state index in [4.69, 9.17) is 11.6 Å². The van der Waals surface area contributed by atoms with Crippen molar-refractivity contribution in [3.05, 3.63) is 17.5 Å². The molecule has 0 saturated carbocycles. The second-order valence-corrected chi connectivity index (χ2v) is 5.74. The highest BCUT2D eigenvalue weighted by atomic mass is 35.5. The van der Waals surface area contributed by atoms with Gasteiger partial charge in [-0.25, -0.2) is 18.4 Å². The number of fused-ring (bicyclic) bond motifs is 1. The first kappa shape index (κ1) is 11.3. The van der Waals surface area contributed by atoms with Crippen LogP contribution in [0.1, 0.15) is 6.92 Å². The Morgan fingerprint density at radius 1 is 1.50 bits per heavy atom. The average molecular weight is 260 g/mol. The van der Waals surface area contributed by atoms with Crippen LogP contribution in [0.2, 0.25) is 5.15 Å². The SMILES string of the molecule is CCn1cnc2c(S(C)(=O)=O)nc(Cl)cc21. The third-order valence-electron chi connectivity index (χ3n) is 2.24. The fraction of sp³-hybridized carbons (Fsp3) is 0.333. The number of rotatable bonds is 2. The number of hydrogen-bond acceptors (Lipinski definition) is 4. The number of pyridine rings is 1. The molecule has 0 unspecified atom stereocenters. The van der Waals surface area contributed by atoms with Gasteiger partial charge in [0.1, 0.15) is 10.7 Å². The Morgan fingerprint density at radius 2 is 2.19 bits per heavy atom. The zero-order valence-electron chi connectivity index (χ0n) is 8.81. The Balaban J connectivity index is 2.90. The fourth-order valence-corrected chi connectivity index (χ4v) is 2.52. The summed E-state index contributed by atoms with van der Waals surface area (Å²) < 4.78 is 24.9. The minimum atomic E-state index is -3.42. The first-order chi connectivity index (χ1) is 7.43. The standard InChI is InChI=1S/C9H10ClN3O2S/c1-3-13-5-11-8-6(13)4-7(10)12-9(8)16(2,14)15/h4-5H,3H2,1-2H3. The zero-order chi connectivity index (χ0) is 11.9. The molecule has 16 heavy (non-hydrogen) atoms. The molecular weight excluding hydrogens is 250 g/mol. The molecule has 0 bridgehead atoms. The molecule has 5 nitrogen and oxygen atoms in total. The van der Waals surface area contributed by atoms with Gasteiger partial charge in [0.25, 0.3) is 0 Å². The van der Waals surface area contributed by atoms with Crippen LogP contribution in [0.5, 0.6) is 0 Å². The van der Waals surface area contributed by atoms with Crippen LogP contribution in [0.3, 0.4) is 0 Å². The van der Waals surface area contributed by atoms with E-state index in [1.54, 1.807) is 12.4 Å². The van der Waals surface area contributed by atoms with E-state index in [1.807, 2.05) is 11.5 Å². The van der Waals surface area contributed by atoms with Crippen molar-refractivity contribution in [3.63, 3.8) is 0 Å². The molecule has 86 valence electrons. The summed E-state index contributed by atoms with van der Waals surface area (Å²) in [7, 11) is -3.42. The maximum absolute atomic E-state index is 11.5. The quantitative estimate of drug-likeness (QED) is 0.767. The molecule has 0 aliphatic rings. The highest BCUT2D eigenvalue weighted by Gasteiger charge is 2.18. The van der Waals surface area contributed by atoms with Gasteiger partial charge in [0.05, 0.1) is 11.8 Å². The van der Waals surface area contributed by atoms with Crippen LogP contribution in [0.4, 0.5) is 0 Å². The number of imidazole rings is 1. The van der Waals surface area contributed by atoms with E-state index >= 15 is 0 Å². The lowest BCUT2D eigenvalue weighted by molar-refractivity contribution is 0.599. The van der Waals surface area contributed by atoms with Gasteiger partial charge in [-0.1, -0.05) is 11.6 Å². The van der Waals surface area contributed by atoms with Crippen LogP contribution in [-0.2, 0) is 16.4 Å². The largest absolute Gasteiger partial charge is 0.331 e. The number of aryl methyl sites for hydroxylation is 1. The van der Waals surface area contributed by atoms with E-state index in [1.165, 1.54) is 0 Å². The summed E-state index contributed by atoms with van der Waals surface area (Å²) >= 11 is 5.80. The van der Waals surface area contributed by atoms with Gasteiger partial charge in [-0.15, -0.1) is 0 Å². The Labute approximate surface area is 98.0 Å². The van der Waals surface area contributed by atoms with Gasteiger partial charge < -0.3 is 4.57 Å². The molecule has 2 heterocycles. The predicted molar refractivity (Wildman–Crippen MR) is 61.3 cm³/mol. The molecule has 0 amide bonds. The zero-order valence-corrected chi connectivity index (χ0v) is 10.4. The van der Waals surface area contributed by atoms with Gasteiger partial charge in [0.15, 0.2) is 14.9 Å². The van der Waals surface area contributed by atoms with Crippen molar-refractivity contribution < 1.29 is 8.42 Å². The molecule has 0 spiro atoms. The maximum atomic E-state index is 11.5. The molecule has 2 aromatic rings. The summed E-state index contributed by atoms with van der Waals surface area (Å²) in [4.78, 5) is 7.88. The molecule has 0 aliphatic carbocycles. The number of aromatic nitrogens is 3. The summed E-state index contributed by atoms with van der Waals surface area (Å²) in [5.41, 5.74) is 1.05. The van der Waals surface area contributed by atoms with Gasteiger partial charge in [0, 0.05) is 18.9 Å². The summed E-state index contributed by atoms with van der Waals surface area (Å²) in [6.07, 6.45) is 2.67. The van der Waals surface area contributed by atoms with Gasteiger partial charge in [-0.3, -0.25) is 0 Å². The molecule has 0 saturated heterocycles. The molecule has 0 N–H and O–H groups in total. The Hall–Kier alpha value is -1.14. The number of nitrogens with zero attached hydrogens (tertiary/aromatic N) is 3. The molecule has 2 aromatic heterocycles. The smallest absolute Gasteiger partial charge is 0.195 e. The maximum Gasteiger partial charge on any atom is 0.195 e. The Bertz CT molecular complexity index is 648. The predicted octanol–water partition coefficient (Wildman–Crippen LogP) is 1.51. The summed E-state index contributed by atoms with van der Waals surface area (Å²) in [6, 6.07) is 1.61. The molecule has 7 heteroatoms. The van der Waals surface area contributed by atoms with Crippen molar-refractivity contribution in [2.75, 3.05) is 6.26 Å². The molecule has 0 radical (unpaired) electrons. The van der Waals surface area contributed by atoms with Crippen molar-refractivity contribution in [1.29, 1.82) is 0 Å². The molecular formula is C9H10ClN3O2S. The van der Waals surface area contributed by atoms with E-state index in [0.717, 1.165) is 6.26 Å². The average Bonchev–Trinajstić information content (AvgIpc) is 2.57. The number of sulfone groups is 1. The fourth-order valence-electron chi connectivity index (χ4n) is 1.51. The minimum Gasteiger partial charge on any atom is -0.331 e. The third kappa shape index (κ3) is 1.78. The lowest BCUT2D eigenvalue weighted by atomic mass is 10.4. The van der Waals surface area contributed by atoms with Crippen molar-refractivity contribution in [1.82, 2.24) is 14.5 Å². The van der Waals surface area contributed by atoms with Crippen molar-refractivity contribution in [3.8, 4) is 0 Å². The van der Waals surface area contributed by atoms with Crippen LogP contribution in [0, 0.1) is 0 Å². The minimum absolute atomic E-state index is 0.0674. The highest BCUT2D eigenvalue weighted by molar-refractivity contribution is 7.90. The second kappa shape index (κ2) is 3.71. The monoisotopic (exact) mass is 259 g/mol. The first-order valence-electron chi connectivity index (χ1n) is 4.65. The molecule has 0 aliphatic heterocycles. The van der Waals surface area contributed by atoms with Crippen molar-refractivity contribution in [2.24, 2.45) is 0 Å². The van der Waals surface area contributed by atoms with Crippen molar-refractivity contribution >= 4 is 32.5 Å². The van der Waals surface area contributed by atoms with Crippen LogP contribution >= 0.6 is 11.6 Å². The third-order valence-corrected chi connectivity index (χ3v) is 3.42. The number of hydrogen-bond donors (Lipinski definition) is 0. The summed E-state index contributed by atoms with van der Waals surface area (Å²) in [5, 5.41) is 0.0883. The highest BCUT2D eigenvalue weighted by Crippen LogP contribution is 2.23. The summed E-state index contributed by atoms with van der Waals surface area (Å²) in [5.74, 6) is 0. The van der Waals surface area contributed by atoms with Gasteiger partial charge in [-0.05, 0) is 6.92 Å². The van der Waals surface area contributed by atoms with Crippen LogP contribution in [-0.4, -0.2) is 29.2 Å². The molecule has 0 atom stereocenters. The molecule has 0 aromatic carbocycles. The van der Waals surface area contributed by atoms with Crippen LogP contribution < -0.4 is 0 Å². The van der Waals surface area contributed by atoms with E-state index in [9.17, 15) is 8.42 Å². The van der Waals surface area contributed by atoms with E-state index in [0.29, 0.717) is 17.6 Å². The molecule has 0 fully saturated rings. The topological polar surface area (TPSA) is 64.8 Å². The van der Waals surface area contributed by atoms with E-state index in [-0.39, 0.29) is 10.2 Å². The second-order valence-electron chi connectivity index (χ2n) is 3.42. The van der Waals surface area contributed by atoms with Gasteiger partial charge in [0.2, 0.25) is 0 Å². The lowest BCUT2D eigenvalue weighted by Crippen LogP contribution is -2.02. The Kier molecular flexibility index (Phi) is 2.63. The van der Waals surface area contributed by atoms with Gasteiger partial charge in [-0.2, -0.15) is 0 Å².